The topological polar surface area (TPSA) is 69.7 Å². The highest BCUT2D eigenvalue weighted by atomic mass is 16.2. The molecule has 0 heterocycles. The van der Waals surface area contributed by atoms with Crippen LogP contribution in [0.5, 0.6) is 0 Å². The van der Waals surface area contributed by atoms with Crippen molar-refractivity contribution >= 4 is 17.6 Å². The van der Waals surface area contributed by atoms with Gasteiger partial charge < -0.3 is 15.1 Å². The van der Waals surface area contributed by atoms with Crippen molar-refractivity contribution < 1.29 is 14.4 Å². The molecular weight excluding hydrogens is 318 g/mol. The summed E-state index contributed by atoms with van der Waals surface area (Å²) in [6.45, 7) is 12.6. The van der Waals surface area contributed by atoms with Gasteiger partial charge in [-0.25, -0.2) is 0 Å². The number of carbonyl (C=O) groups excluding carboxylic acids is 3. The third kappa shape index (κ3) is 9.58. The highest BCUT2D eigenvalue weighted by molar-refractivity contribution is 5.94. The number of likely N-dealkylation sites (N-methyl/N-ethyl adjacent to an activating group) is 2. The van der Waals surface area contributed by atoms with Crippen molar-refractivity contribution in [2.45, 2.75) is 60.4 Å². The van der Waals surface area contributed by atoms with E-state index in [0.717, 1.165) is 0 Å². The standard InChI is InChI=1S/C19H37N3O3/c1-18(2,3)13-16(24)22(9)14(12-15(23)19(4,5)6)17(25)20-10-11-21(7)8/h14H,10-13H2,1-9H3,(H,20,25). The molecule has 6 heteroatoms. The Morgan fingerprint density at radius 1 is 0.960 bits per heavy atom. The molecule has 0 aliphatic heterocycles. The minimum absolute atomic E-state index is 0.0314. The molecule has 1 unspecified atom stereocenters. The maximum atomic E-state index is 12.6. The van der Waals surface area contributed by atoms with Gasteiger partial charge in [0.2, 0.25) is 11.8 Å². The third-order valence-corrected chi connectivity index (χ3v) is 3.92. The summed E-state index contributed by atoms with van der Waals surface area (Å²) < 4.78 is 0. The molecule has 0 aromatic rings. The summed E-state index contributed by atoms with van der Waals surface area (Å²) in [7, 11) is 5.46. The van der Waals surface area contributed by atoms with Gasteiger partial charge in [-0.05, 0) is 19.5 Å². The van der Waals surface area contributed by atoms with Crippen LogP contribution in [0.15, 0.2) is 0 Å². The van der Waals surface area contributed by atoms with Crippen LogP contribution in [0.1, 0.15) is 54.4 Å². The van der Waals surface area contributed by atoms with Gasteiger partial charge in [0.05, 0.1) is 0 Å². The molecule has 0 aliphatic carbocycles. The number of hydrogen-bond acceptors (Lipinski definition) is 4. The lowest BCUT2D eigenvalue weighted by Crippen LogP contribution is -2.51. The average molecular weight is 356 g/mol. The van der Waals surface area contributed by atoms with Crippen LogP contribution in [0.2, 0.25) is 0 Å². The normalized spacial score (nSPS) is 13.5. The number of ketones is 1. The zero-order valence-electron chi connectivity index (χ0n) is 17.5. The lowest BCUT2D eigenvalue weighted by atomic mass is 9.86. The summed E-state index contributed by atoms with van der Waals surface area (Å²) in [5.74, 6) is -0.429. The number of amides is 2. The molecule has 0 rings (SSSR count). The fraction of sp³-hybridized carbons (Fsp3) is 0.842. The van der Waals surface area contributed by atoms with Gasteiger partial charge >= 0.3 is 0 Å². The van der Waals surface area contributed by atoms with E-state index in [4.69, 9.17) is 0 Å². The second kappa shape index (κ2) is 9.32. The monoisotopic (exact) mass is 355 g/mol. The molecule has 0 aromatic carbocycles. The van der Waals surface area contributed by atoms with Crippen molar-refractivity contribution in [3.05, 3.63) is 0 Å². The first kappa shape index (κ1) is 23.6. The molecule has 0 aromatic heterocycles. The molecule has 0 saturated carbocycles. The van der Waals surface area contributed by atoms with Crippen LogP contribution < -0.4 is 5.32 Å². The molecule has 0 fully saturated rings. The van der Waals surface area contributed by atoms with Crippen LogP contribution in [0.25, 0.3) is 0 Å². The van der Waals surface area contributed by atoms with Crippen molar-refractivity contribution in [1.29, 1.82) is 0 Å². The van der Waals surface area contributed by atoms with Crippen LogP contribution in [-0.4, -0.2) is 67.7 Å². The Hall–Kier alpha value is -1.43. The maximum Gasteiger partial charge on any atom is 0.243 e. The van der Waals surface area contributed by atoms with E-state index >= 15 is 0 Å². The Morgan fingerprint density at radius 3 is 1.88 bits per heavy atom. The smallest absolute Gasteiger partial charge is 0.243 e. The number of hydrogen-bond donors (Lipinski definition) is 1. The van der Waals surface area contributed by atoms with Crippen LogP contribution in [0, 0.1) is 10.8 Å². The number of carbonyl (C=O) groups is 3. The first-order chi connectivity index (χ1) is 11.1. The van der Waals surface area contributed by atoms with E-state index in [1.165, 1.54) is 4.90 Å². The van der Waals surface area contributed by atoms with E-state index in [0.29, 0.717) is 19.5 Å². The van der Waals surface area contributed by atoms with E-state index in [1.54, 1.807) is 7.05 Å². The van der Waals surface area contributed by atoms with E-state index in [9.17, 15) is 14.4 Å². The largest absolute Gasteiger partial charge is 0.353 e. The zero-order valence-corrected chi connectivity index (χ0v) is 17.5. The second-order valence-electron chi connectivity index (χ2n) is 9.23. The minimum Gasteiger partial charge on any atom is -0.353 e. The van der Waals surface area contributed by atoms with Gasteiger partial charge in [-0.1, -0.05) is 41.5 Å². The summed E-state index contributed by atoms with van der Waals surface area (Å²) in [5, 5.41) is 2.84. The van der Waals surface area contributed by atoms with E-state index in [-0.39, 0.29) is 29.4 Å². The van der Waals surface area contributed by atoms with Gasteiger partial charge in [-0.3, -0.25) is 14.4 Å². The van der Waals surface area contributed by atoms with Crippen molar-refractivity contribution in [1.82, 2.24) is 15.1 Å². The lowest BCUT2D eigenvalue weighted by molar-refractivity contribution is -0.142. The van der Waals surface area contributed by atoms with Crippen LogP contribution in [0.4, 0.5) is 0 Å². The Labute approximate surface area is 153 Å². The van der Waals surface area contributed by atoms with Gasteiger partial charge in [-0.15, -0.1) is 0 Å². The van der Waals surface area contributed by atoms with Crippen LogP contribution in [-0.2, 0) is 14.4 Å². The van der Waals surface area contributed by atoms with Crippen molar-refractivity contribution in [2.24, 2.45) is 10.8 Å². The SMILES string of the molecule is CN(C)CCNC(=O)C(CC(=O)C(C)(C)C)N(C)C(=O)CC(C)(C)C. The molecule has 25 heavy (non-hydrogen) atoms. The van der Waals surface area contributed by atoms with Crippen LogP contribution in [0.3, 0.4) is 0 Å². The van der Waals surface area contributed by atoms with Crippen molar-refractivity contribution in [3.8, 4) is 0 Å². The van der Waals surface area contributed by atoms with E-state index < -0.39 is 11.5 Å². The number of nitrogens with zero attached hydrogens (tertiary/aromatic N) is 2. The molecule has 0 bridgehead atoms. The van der Waals surface area contributed by atoms with Gasteiger partial charge in [0.25, 0.3) is 0 Å². The fourth-order valence-corrected chi connectivity index (χ4v) is 2.16. The Kier molecular flexibility index (Phi) is 8.79. The predicted molar refractivity (Wildman–Crippen MR) is 101 cm³/mol. The highest BCUT2D eigenvalue weighted by Crippen LogP contribution is 2.23. The molecule has 146 valence electrons. The molecule has 2 amide bonds. The second-order valence-corrected chi connectivity index (χ2v) is 9.23. The molecule has 1 atom stereocenters. The minimum atomic E-state index is -0.774. The molecule has 6 nitrogen and oxygen atoms in total. The lowest BCUT2D eigenvalue weighted by Gasteiger charge is -2.31. The summed E-state index contributed by atoms with van der Waals surface area (Å²) in [4.78, 5) is 41.0. The molecule has 0 radical (unpaired) electrons. The first-order valence-corrected chi connectivity index (χ1v) is 8.86. The Balaban J connectivity index is 5.20. The van der Waals surface area contributed by atoms with E-state index in [2.05, 4.69) is 5.32 Å². The van der Waals surface area contributed by atoms with Gasteiger partial charge in [0.15, 0.2) is 0 Å². The number of Topliss-reactive ketones (excluding diaryl/α,β-unsaturated/α-hetero) is 1. The molecule has 0 spiro atoms. The third-order valence-electron chi connectivity index (χ3n) is 3.92. The maximum absolute atomic E-state index is 12.6. The predicted octanol–water partition coefficient (Wildman–Crippen LogP) is 1.93. The number of nitrogens with one attached hydrogen (secondary N) is 1. The summed E-state index contributed by atoms with van der Waals surface area (Å²) >= 11 is 0. The zero-order chi connectivity index (χ0) is 20.0. The first-order valence-electron chi connectivity index (χ1n) is 8.86. The van der Waals surface area contributed by atoms with Gasteiger partial charge in [0, 0.05) is 38.4 Å². The summed E-state index contributed by atoms with van der Waals surface area (Å²) in [6.07, 6.45) is 0.359. The molecule has 0 saturated heterocycles. The Morgan fingerprint density at radius 2 is 1.48 bits per heavy atom. The van der Waals surface area contributed by atoms with Gasteiger partial charge in [-0.2, -0.15) is 0 Å². The van der Waals surface area contributed by atoms with Crippen LogP contribution >= 0.6 is 0 Å². The van der Waals surface area contributed by atoms with Crippen molar-refractivity contribution in [2.75, 3.05) is 34.2 Å². The Bertz CT molecular complexity index is 473. The average Bonchev–Trinajstić information content (AvgIpc) is 2.40. The van der Waals surface area contributed by atoms with Gasteiger partial charge in [0.1, 0.15) is 11.8 Å². The molecule has 0 aliphatic rings. The molecular formula is C19H37N3O3. The summed E-state index contributed by atoms with van der Waals surface area (Å²) in [6, 6.07) is -0.774. The summed E-state index contributed by atoms with van der Waals surface area (Å²) in [5.41, 5.74) is -0.721. The van der Waals surface area contributed by atoms with Crippen molar-refractivity contribution in [3.63, 3.8) is 0 Å². The van der Waals surface area contributed by atoms with E-state index in [1.807, 2.05) is 60.5 Å². The number of rotatable bonds is 8. The quantitative estimate of drug-likeness (QED) is 0.722. The fourth-order valence-electron chi connectivity index (χ4n) is 2.16. The highest BCUT2D eigenvalue weighted by Gasteiger charge is 2.33. The molecule has 1 N–H and O–H groups in total.